The Hall–Kier alpha value is -2.73. The van der Waals surface area contributed by atoms with Crippen LogP contribution in [0.4, 0.5) is 0 Å². The number of hydrogen-bond donors (Lipinski definition) is 1. The van der Waals surface area contributed by atoms with Gasteiger partial charge in [0.25, 0.3) is 0 Å². The Bertz CT molecular complexity index is 865. The van der Waals surface area contributed by atoms with Crippen LogP contribution in [0.25, 0.3) is 0 Å². The molecule has 0 radical (unpaired) electrons. The zero-order valence-electron chi connectivity index (χ0n) is 12.6. The lowest BCUT2D eigenvalue weighted by Gasteiger charge is -2.07. The number of aromatic nitrogens is 3. The fraction of sp³-hybridized carbons (Fsp3) is 0.118. The van der Waals surface area contributed by atoms with E-state index in [0.717, 1.165) is 16.9 Å². The maximum absolute atomic E-state index is 5.79. The minimum atomic E-state index is 0.458. The molecule has 23 heavy (non-hydrogen) atoms. The van der Waals surface area contributed by atoms with Crippen molar-refractivity contribution >= 4 is 18.4 Å². The fourth-order valence-electron chi connectivity index (χ4n) is 2.07. The number of rotatable bonds is 5. The Morgan fingerprint density at radius 2 is 2.09 bits per heavy atom. The van der Waals surface area contributed by atoms with Crippen LogP contribution >= 0.6 is 12.2 Å². The maximum atomic E-state index is 5.79. The van der Waals surface area contributed by atoms with Crippen LogP contribution in [0.15, 0.2) is 60.0 Å². The van der Waals surface area contributed by atoms with Crippen molar-refractivity contribution in [2.45, 2.75) is 13.5 Å². The molecule has 0 aliphatic heterocycles. The molecule has 0 bridgehead atoms. The normalized spacial score (nSPS) is 11.0. The van der Waals surface area contributed by atoms with E-state index in [1.54, 1.807) is 6.21 Å². The van der Waals surface area contributed by atoms with Crippen molar-refractivity contribution in [1.82, 2.24) is 14.9 Å². The zero-order chi connectivity index (χ0) is 16.1. The summed E-state index contributed by atoms with van der Waals surface area (Å²) in [7, 11) is 0. The molecule has 0 aliphatic rings. The van der Waals surface area contributed by atoms with Crippen molar-refractivity contribution in [2.24, 2.45) is 5.10 Å². The smallest absolute Gasteiger partial charge is 0.216 e. The summed E-state index contributed by atoms with van der Waals surface area (Å²) in [4.78, 5) is 0. The number of aromatic amines is 1. The van der Waals surface area contributed by atoms with Gasteiger partial charge >= 0.3 is 0 Å². The molecule has 0 spiro atoms. The summed E-state index contributed by atoms with van der Waals surface area (Å²) < 4.78 is 7.75. The predicted molar refractivity (Wildman–Crippen MR) is 92.4 cm³/mol. The van der Waals surface area contributed by atoms with Crippen LogP contribution in [0, 0.1) is 11.7 Å². The van der Waals surface area contributed by atoms with E-state index in [0.29, 0.717) is 11.4 Å². The van der Waals surface area contributed by atoms with Gasteiger partial charge in [-0.2, -0.15) is 14.9 Å². The van der Waals surface area contributed by atoms with Gasteiger partial charge in [0.05, 0.1) is 6.21 Å². The van der Waals surface area contributed by atoms with Crippen molar-refractivity contribution in [3.05, 3.63) is 76.3 Å². The molecule has 5 nitrogen and oxygen atoms in total. The van der Waals surface area contributed by atoms with E-state index < -0.39 is 0 Å². The van der Waals surface area contributed by atoms with Gasteiger partial charge in [-0.25, -0.2) is 0 Å². The molecule has 116 valence electrons. The Balaban J connectivity index is 1.62. The fourth-order valence-corrected chi connectivity index (χ4v) is 2.22. The average Bonchev–Trinajstić information content (AvgIpc) is 2.97. The molecule has 0 atom stereocenters. The molecule has 0 amide bonds. The van der Waals surface area contributed by atoms with E-state index in [-0.39, 0.29) is 0 Å². The van der Waals surface area contributed by atoms with Gasteiger partial charge in [-0.3, -0.25) is 5.10 Å². The maximum Gasteiger partial charge on any atom is 0.216 e. The first-order chi connectivity index (χ1) is 11.2. The van der Waals surface area contributed by atoms with Gasteiger partial charge in [0.15, 0.2) is 0 Å². The Kier molecular flexibility index (Phi) is 4.63. The van der Waals surface area contributed by atoms with Crippen LogP contribution < -0.4 is 4.74 Å². The summed E-state index contributed by atoms with van der Waals surface area (Å²) in [6.45, 7) is 2.63. The largest absolute Gasteiger partial charge is 0.489 e. The standard InChI is InChI=1S/C17H16N4OS/c1-13-3-2-4-15(9-13)11-22-16-7-5-14(6-8-16)10-19-21-12-18-20-17(21)23/h2-10,12H,11H2,1H3,(H,20,23)/b19-10+. The van der Waals surface area contributed by atoms with Crippen LogP contribution in [0.1, 0.15) is 16.7 Å². The monoisotopic (exact) mass is 324 g/mol. The van der Waals surface area contributed by atoms with E-state index in [4.69, 9.17) is 17.0 Å². The highest BCUT2D eigenvalue weighted by atomic mass is 32.1. The van der Waals surface area contributed by atoms with Gasteiger partial charge in [-0.15, -0.1) is 0 Å². The van der Waals surface area contributed by atoms with Gasteiger partial charge in [0, 0.05) is 0 Å². The number of nitrogens with zero attached hydrogens (tertiary/aromatic N) is 3. The molecular formula is C17H16N4OS. The molecule has 3 aromatic rings. The minimum absolute atomic E-state index is 0.458. The van der Waals surface area contributed by atoms with Gasteiger partial charge < -0.3 is 4.74 Å². The minimum Gasteiger partial charge on any atom is -0.489 e. The highest BCUT2D eigenvalue weighted by Gasteiger charge is 1.97. The molecule has 2 aromatic carbocycles. The van der Waals surface area contributed by atoms with Crippen LogP contribution in [0.5, 0.6) is 5.75 Å². The molecule has 0 saturated carbocycles. The lowest BCUT2D eigenvalue weighted by Crippen LogP contribution is -1.96. The van der Waals surface area contributed by atoms with Crippen molar-refractivity contribution in [2.75, 3.05) is 0 Å². The lowest BCUT2D eigenvalue weighted by atomic mass is 10.1. The Morgan fingerprint density at radius 1 is 1.26 bits per heavy atom. The van der Waals surface area contributed by atoms with E-state index in [1.165, 1.54) is 16.6 Å². The summed E-state index contributed by atoms with van der Waals surface area (Å²) in [5.74, 6) is 0.823. The van der Waals surface area contributed by atoms with E-state index >= 15 is 0 Å². The van der Waals surface area contributed by atoms with Gasteiger partial charge in [-0.05, 0) is 54.5 Å². The molecule has 0 aliphatic carbocycles. The molecule has 0 fully saturated rings. The Morgan fingerprint density at radius 3 is 2.78 bits per heavy atom. The van der Waals surface area contributed by atoms with Gasteiger partial charge in [-0.1, -0.05) is 29.8 Å². The molecule has 0 saturated heterocycles. The van der Waals surface area contributed by atoms with E-state index in [9.17, 15) is 0 Å². The quantitative estimate of drug-likeness (QED) is 0.575. The third-order valence-electron chi connectivity index (χ3n) is 3.23. The highest BCUT2D eigenvalue weighted by molar-refractivity contribution is 7.71. The van der Waals surface area contributed by atoms with Crippen molar-refractivity contribution in [3.8, 4) is 5.75 Å². The van der Waals surface area contributed by atoms with Crippen molar-refractivity contribution < 1.29 is 4.74 Å². The lowest BCUT2D eigenvalue weighted by molar-refractivity contribution is 0.306. The van der Waals surface area contributed by atoms with Crippen LogP contribution in [-0.4, -0.2) is 21.1 Å². The first-order valence-electron chi connectivity index (χ1n) is 7.15. The average molecular weight is 324 g/mol. The number of H-pyrrole nitrogens is 1. The molecule has 1 aromatic heterocycles. The summed E-state index contributed by atoms with van der Waals surface area (Å²) in [6.07, 6.45) is 3.24. The second-order valence-electron chi connectivity index (χ2n) is 5.10. The molecule has 6 heteroatoms. The van der Waals surface area contributed by atoms with Crippen molar-refractivity contribution in [1.29, 1.82) is 0 Å². The predicted octanol–water partition coefficient (Wildman–Crippen LogP) is 3.71. The molecule has 1 heterocycles. The number of nitrogens with one attached hydrogen (secondary N) is 1. The number of benzene rings is 2. The SMILES string of the molecule is Cc1cccc(COc2ccc(/C=N/n3cn[nH]c3=S)cc2)c1. The molecule has 3 rings (SSSR count). The summed E-state index contributed by atoms with van der Waals surface area (Å²) in [5.41, 5.74) is 3.34. The number of aryl methyl sites for hydroxylation is 1. The van der Waals surface area contributed by atoms with E-state index in [2.05, 4.69) is 40.4 Å². The van der Waals surface area contributed by atoms with Crippen LogP contribution in [-0.2, 0) is 6.61 Å². The van der Waals surface area contributed by atoms with E-state index in [1.807, 2.05) is 30.3 Å². The summed E-state index contributed by atoms with van der Waals surface area (Å²) in [5, 5.41) is 10.7. The topological polar surface area (TPSA) is 55.2 Å². The van der Waals surface area contributed by atoms with Crippen LogP contribution in [0.3, 0.4) is 0 Å². The van der Waals surface area contributed by atoms with Crippen LogP contribution in [0.2, 0.25) is 0 Å². The summed E-state index contributed by atoms with van der Waals surface area (Å²) >= 11 is 5.02. The van der Waals surface area contributed by atoms with Gasteiger partial charge in [0.1, 0.15) is 18.7 Å². The number of hydrogen-bond acceptors (Lipinski definition) is 4. The second kappa shape index (κ2) is 7.02. The molecule has 1 N–H and O–H groups in total. The van der Waals surface area contributed by atoms with Crippen molar-refractivity contribution in [3.63, 3.8) is 0 Å². The third-order valence-corrected chi connectivity index (χ3v) is 3.51. The summed E-state index contributed by atoms with van der Waals surface area (Å²) in [6, 6.07) is 16.0. The zero-order valence-corrected chi connectivity index (χ0v) is 13.5. The molecular weight excluding hydrogens is 308 g/mol. The third kappa shape index (κ3) is 4.14. The second-order valence-corrected chi connectivity index (χ2v) is 5.48. The first kappa shape index (κ1) is 15.2. The molecule has 0 unspecified atom stereocenters. The number of ether oxygens (including phenoxy) is 1. The van der Waals surface area contributed by atoms with Gasteiger partial charge in [0.2, 0.25) is 4.77 Å². The highest BCUT2D eigenvalue weighted by Crippen LogP contribution is 2.14. The Labute approximate surface area is 139 Å². The first-order valence-corrected chi connectivity index (χ1v) is 7.56.